The van der Waals surface area contributed by atoms with E-state index in [9.17, 15) is 9.59 Å². The van der Waals surface area contributed by atoms with Crippen molar-refractivity contribution in [1.29, 1.82) is 0 Å². The zero-order chi connectivity index (χ0) is 19.4. The molecule has 1 heterocycles. The molecule has 2 aromatic rings. The standard InChI is InChI=1S/C22H29N3O2/c1-14(13-21(23)26)25-22(27)15(2)16-7-9-17(10-8-16)18-11-12-24-20-6-4-3-5-19(18)20/h3-6,11-12,14-17H,7-10,13H2,1-2H3,(H2,23,26)(H,25,27). The first-order valence-electron chi connectivity index (χ1n) is 9.88. The number of carbonyl (C=O) groups excluding carboxylic acids is 2. The third-order valence-electron chi connectivity index (χ3n) is 5.91. The predicted octanol–water partition coefficient (Wildman–Crippen LogP) is 3.52. The number of para-hydroxylation sites is 1. The van der Waals surface area contributed by atoms with Crippen LogP contribution in [-0.2, 0) is 9.59 Å². The van der Waals surface area contributed by atoms with Gasteiger partial charge in [-0.3, -0.25) is 14.6 Å². The van der Waals surface area contributed by atoms with Crippen molar-refractivity contribution in [3.63, 3.8) is 0 Å². The summed E-state index contributed by atoms with van der Waals surface area (Å²) >= 11 is 0. The van der Waals surface area contributed by atoms with Gasteiger partial charge in [0.25, 0.3) is 0 Å². The summed E-state index contributed by atoms with van der Waals surface area (Å²) in [7, 11) is 0. The molecule has 0 bridgehead atoms. The van der Waals surface area contributed by atoms with Gasteiger partial charge < -0.3 is 11.1 Å². The summed E-state index contributed by atoms with van der Waals surface area (Å²) in [5.74, 6) is 0.505. The van der Waals surface area contributed by atoms with Gasteiger partial charge in [-0.1, -0.05) is 25.1 Å². The average Bonchev–Trinajstić information content (AvgIpc) is 2.66. The summed E-state index contributed by atoms with van der Waals surface area (Å²) in [6.45, 7) is 3.82. The van der Waals surface area contributed by atoms with Gasteiger partial charge in [-0.25, -0.2) is 0 Å². The maximum absolute atomic E-state index is 12.5. The number of fused-ring (bicyclic) bond motifs is 1. The van der Waals surface area contributed by atoms with Crippen molar-refractivity contribution < 1.29 is 9.59 Å². The lowest BCUT2D eigenvalue weighted by Gasteiger charge is -2.32. The van der Waals surface area contributed by atoms with Crippen LogP contribution < -0.4 is 11.1 Å². The molecule has 0 aliphatic heterocycles. The normalized spacial score (nSPS) is 22.1. The molecule has 1 saturated carbocycles. The Kier molecular flexibility index (Phi) is 6.09. The first kappa shape index (κ1) is 19.3. The van der Waals surface area contributed by atoms with Gasteiger partial charge >= 0.3 is 0 Å². The van der Waals surface area contributed by atoms with Crippen molar-refractivity contribution in [1.82, 2.24) is 10.3 Å². The number of nitrogens with zero attached hydrogens (tertiary/aromatic N) is 1. The minimum Gasteiger partial charge on any atom is -0.370 e. The van der Waals surface area contributed by atoms with E-state index in [2.05, 4.69) is 34.6 Å². The van der Waals surface area contributed by atoms with Gasteiger partial charge in [0.1, 0.15) is 0 Å². The van der Waals surface area contributed by atoms with Crippen LogP contribution in [0.25, 0.3) is 10.9 Å². The second-order valence-electron chi connectivity index (χ2n) is 7.90. The fourth-order valence-electron chi connectivity index (χ4n) is 4.35. The van der Waals surface area contributed by atoms with E-state index in [1.165, 1.54) is 10.9 Å². The van der Waals surface area contributed by atoms with E-state index in [0.717, 1.165) is 31.2 Å². The molecule has 3 rings (SSSR count). The van der Waals surface area contributed by atoms with Crippen LogP contribution in [0, 0.1) is 11.8 Å². The molecule has 1 aromatic heterocycles. The molecule has 0 saturated heterocycles. The molecule has 1 aromatic carbocycles. The number of pyridine rings is 1. The molecule has 1 aliphatic carbocycles. The van der Waals surface area contributed by atoms with E-state index in [-0.39, 0.29) is 30.2 Å². The van der Waals surface area contributed by atoms with Crippen molar-refractivity contribution in [2.24, 2.45) is 17.6 Å². The van der Waals surface area contributed by atoms with Crippen molar-refractivity contribution in [2.45, 2.75) is 57.9 Å². The van der Waals surface area contributed by atoms with Gasteiger partial charge in [-0.15, -0.1) is 0 Å². The number of primary amides is 1. The van der Waals surface area contributed by atoms with Crippen molar-refractivity contribution >= 4 is 22.7 Å². The molecule has 0 radical (unpaired) electrons. The maximum atomic E-state index is 12.5. The van der Waals surface area contributed by atoms with Gasteiger partial charge in [-0.2, -0.15) is 0 Å². The van der Waals surface area contributed by atoms with E-state index in [4.69, 9.17) is 5.73 Å². The molecule has 2 amide bonds. The monoisotopic (exact) mass is 367 g/mol. The minimum atomic E-state index is -0.388. The van der Waals surface area contributed by atoms with E-state index < -0.39 is 0 Å². The third kappa shape index (κ3) is 4.65. The van der Waals surface area contributed by atoms with Gasteiger partial charge in [-0.05, 0) is 62.1 Å². The highest BCUT2D eigenvalue weighted by Gasteiger charge is 2.30. The Morgan fingerprint density at radius 3 is 2.56 bits per heavy atom. The van der Waals surface area contributed by atoms with Crippen LogP contribution in [0.5, 0.6) is 0 Å². The van der Waals surface area contributed by atoms with Crippen LogP contribution in [0.2, 0.25) is 0 Å². The number of rotatable bonds is 6. The smallest absolute Gasteiger partial charge is 0.223 e. The number of hydrogen-bond donors (Lipinski definition) is 2. The van der Waals surface area contributed by atoms with E-state index in [1.54, 1.807) is 0 Å². The van der Waals surface area contributed by atoms with Crippen LogP contribution in [0.3, 0.4) is 0 Å². The highest BCUT2D eigenvalue weighted by molar-refractivity contribution is 5.82. The lowest BCUT2D eigenvalue weighted by molar-refractivity contribution is -0.127. The van der Waals surface area contributed by atoms with Crippen LogP contribution in [-0.4, -0.2) is 22.8 Å². The van der Waals surface area contributed by atoms with Crippen molar-refractivity contribution in [3.8, 4) is 0 Å². The zero-order valence-corrected chi connectivity index (χ0v) is 16.2. The van der Waals surface area contributed by atoms with E-state index >= 15 is 0 Å². The molecular weight excluding hydrogens is 338 g/mol. The Balaban J connectivity index is 1.59. The zero-order valence-electron chi connectivity index (χ0n) is 16.2. The molecule has 27 heavy (non-hydrogen) atoms. The Hall–Kier alpha value is -2.43. The largest absolute Gasteiger partial charge is 0.370 e. The summed E-state index contributed by atoms with van der Waals surface area (Å²) in [6, 6.07) is 10.2. The van der Waals surface area contributed by atoms with Crippen molar-refractivity contribution in [3.05, 3.63) is 42.1 Å². The number of amides is 2. The van der Waals surface area contributed by atoms with Crippen LogP contribution in [0.1, 0.15) is 57.4 Å². The fourth-order valence-corrected chi connectivity index (χ4v) is 4.35. The molecule has 5 heteroatoms. The molecule has 1 aliphatic rings. The number of hydrogen-bond acceptors (Lipinski definition) is 3. The molecule has 3 N–H and O–H groups in total. The predicted molar refractivity (Wildman–Crippen MR) is 107 cm³/mol. The average molecular weight is 367 g/mol. The van der Waals surface area contributed by atoms with E-state index in [0.29, 0.717) is 11.8 Å². The number of aromatic nitrogens is 1. The summed E-state index contributed by atoms with van der Waals surface area (Å²) in [5.41, 5.74) is 7.63. The first-order valence-corrected chi connectivity index (χ1v) is 9.88. The maximum Gasteiger partial charge on any atom is 0.223 e. The second-order valence-corrected chi connectivity index (χ2v) is 7.90. The molecule has 1 fully saturated rings. The quantitative estimate of drug-likeness (QED) is 0.819. The number of carbonyl (C=O) groups is 2. The lowest BCUT2D eigenvalue weighted by atomic mass is 9.73. The Bertz CT molecular complexity index is 807. The van der Waals surface area contributed by atoms with Gasteiger partial charge in [0.15, 0.2) is 0 Å². The SMILES string of the molecule is CC(CC(N)=O)NC(=O)C(C)C1CCC(c2ccnc3ccccc23)CC1. The highest BCUT2D eigenvalue weighted by Crippen LogP contribution is 2.40. The van der Waals surface area contributed by atoms with Crippen LogP contribution in [0.15, 0.2) is 36.5 Å². The number of benzene rings is 1. The molecule has 2 atom stereocenters. The van der Waals surface area contributed by atoms with E-state index in [1.807, 2.05) is 26.1 Å². The summed E-state index contributed by atoms with van der Waals surface area (Å²) in [5, 5.41) is 4.17. The third-order valence-corrected chi connectivity index (χ3v) is 5.91. The molecule has 5 nitrogen and oxygen atoms in total. The van der Waals surface area contributed by atoms with Gasteiger partial charge in [0.05, 0.1) is 5.52 Å². The topological polar surface area (TPSA) is 85.1 Å². The Labute approximate surface area is 160 Å². The van der Waals surface area contributed by atoms with Gasteiger partial charge in [0, 0.05) is 30.0 Å². The van der Waals surface area contributed by atoms with Crippen molar-refractivity contribution in [2.75, 3.05) is 0 Å². The van der Waals surface area contributed by atoms with Gasteiger partial charge in [0.2, 0.25) is 11.8 Å². The molecule has 0 spiro atoms. The summed E-state index contributed by atoms with van der Waals surface area (Å²) in [4.78, 5) is 27.9. The fraction of sp³-hybridized carbons (Fsp3) is 0.500. The molecule has 144 valence electrons. The van der Waals surface area contributed by atoms with Crippen LogP contribution >= 0.6 is 0 Å². The minimum absolute atomic E-state index is 0.0292. The molecule has 2 unspecified atom stereocenters. The summed E-state index contributed by atoms with van der Waals surface area (Å²) in [6.07, 6.45) is 6.35. The first-order chi connectivity index (χ1) is 13.0. The summed E-state index contributed by atoms with van der Waals surface area (Å²) < 4.78 is 0. The number of nitrogens with one attached hydrogen (secondary N) is 1. The lowest BCUT2D eigenvalue weighted by Crippen LogP contribution is -2.41. The number of nitrogens with two attached hydrogens (primary N) is 1. The Morgan fingerprint density at radius 2 is 1.85 bits per heavy atom. The molecular formula is C22H29N3O2. The highest BCUT2D eigenvalue weighted by atomic mass is 16.2. The second kappa shape index (κ2) is 8.51. The Morgan fingerprint density at radius 1 is 1.15 bits per heavy atom. The van der Waals surface area contributed by atoms with Crippen LogP contribution in [0.4, 0.5) is 0 Å².